The third-order valence-electron chi connectivity index (χ3n) is 5.86. The number of sulfonamides is 1. The van der Waals surface area contributed by atoms with Crippen LogP contribution in [0.1, 0.15) is 38.8 Å². The smallest absolute Gasteiger partial charge is 0.244 e. The zero-order valence-corrected chi connectivity index (χ0v) is 22.3. The molecular weight excluding hydrogens is 482 g/mol. The molecule has 3 rings (SSSR count). The molecule has 0 bridgehead atoms. The number of ether oxygens (including phenoxy) is 2. The zero-order valence-electron chi connectivity index (χ0n) is 21.5. The third-order valence-corrected chi connectivity index (χ3v) is 7.61. The largest absolute Gasteiger partial charge is 0.486 e. The Bertz CT molecular complexity index is 1180. The molecule has 0 saturated heterocycles. The Hall–Kier alpha value is -3.27. The van der Waals surface area contributed by atoms with Crippen molar-refractivity contribution in [3.8, 4) is 11.5 Å². The van der Waals surface area contributed by atoms with Gasteiger partial charge in [-0.25, -0.2) is 8.42 Å². The van der Waals surface area contributed by atoms with Gasteiger partial charge in [0.05, 0.1) is 11.4 Å². The summed E-state index contributed by atoms with van der Waals surface area (Å²) < 4.78 is 38.4. The van der Waals surface area contributed by atoms with E-state index < -0.39 is 28.5 Å². The highest BCUT2D eigenvalue weighted by Gasteiger charge is 2.31. The minimum absolute atomic E-state index is 0.106. The lowest BCUT2D eigenvalue weighted by Crippen LogP contribution is -2.52. The maximum absolute atomic E-state index is 13.7. The summed E-state index contributed by atoms with van der Waals surface area (Å²) >= 11 is 0. The SMILES string of the molecule is CCS(=O)(=O)N(CC(=O)N(Cc1ccc(C)cc1)[C@H](C)C(=O)NC(C)C)c1ccc2c(c1)OCCO2. The maximum atomic E-state index is 13.7. The maximum Gasteiger partial charge on any atom is 0.244 e. The first-order chi connectivity index (χ1) is 17.0. The van der Waals surface area contributed by atoms with Gasteiger partial charge in [0.1, 0.15) is 25.8 Å². The van der Waals surface area contributed by atoms with E-state index in [0.29, 0.717) is 30.4 Å². The number of benzene rings is 2. The number of hydrogen-bond acceptors (Lipinski definition) is 6. The van der Waals surface area contributed by atoms with E-state index in [2.05, 4.69) is 5.32 Å². The average Bonchev–Trinajstić information content (AvgIpc) is 2.85. The van der Waals surface area contributed by atoms with E-state index in [9.17, 15) is 18.0 Å². The molecule has 10 heteroatoms. The van der Waals surface area contributed by atoms with Crippen molar-refractivity contribution in [3.05, 3.63) is 53.6 Å². The first kappa shape index (κ1) is 27.3. The predicted octanol–water partition coefficient (Wildman–Crippen LogP) is 2.86. The third kappa shape index (κ3) is 6.69. The van der Waals surface area contributed by atoms with E-state index in [1.54, 1.807) is 25.1 Å². The molecule has 0 unspecified atom stereocenters. The summed E-state index contributed by atoms with van der Waals surface area (Å²) in [6.45, 7) is 9.28. The van der Waals surface area contributed by atoms with Gasteiger partial charge in [0.25, 0.3) is 0 Å². The van der Waals surface area contributed by atoms with Gasteiger partial charge < -0.3 is 19.7 Å². The van der Waals surface area contributed by atoms with Crippen molar-refractivity contribution in [1.82, 2.24) is 10.2 Å². The Labute approximate surface area is 213 Å². The Kier molecular flexibility index (Phi) is 8.84. The van der Waals surface area contributed by atoms with E-state index in [-0.39, 0.29) is 24.2 Å². The number of nitrogens with zero attached hydrogens (tertiary/aromatic N) is 2. The molecule has 0 fully saturated rings. The van der Waals surface area contributed by atoms with Crippen LogP contribution in [0.4, 0.5) is 5.69 Å². The summed E-state index contributed by atoms with van der Waals surface area (Å²) in [5.41, 5.74) is 2.20. The lowest BCUT2D eigenvalue weighted by atomic mass is 10.1. The molecule has 1 aliphatic heterocycles. The first-order valence-electron chi connectivity index (χ1n) is 12.1. The number of hydrogen-bond donors (Lipinski definition) is 1. The molecule has 36 heavy (non-hydrogen) atoms. The molecule has 1 heterocycles. The van der Waals surface area contributed by atoms with Crippen LogP contribution in [0.2, 0.25) is 0 Å². The Morgan fingerprint density at radius 3 is 2.25 bits per heavy atom. The summed E-state index contributed by atoms with van der Waals surface area (Å²) in [7, 11) is -3.82. The van der Waals surface area contributed by atoms with Crippen molar-refractivity contribution in [2.24, 2.45) is 0 Å². The fourth-order valence-electron chi connectivity index (χ4n) is 3.78. The summed E-state index contributed by atoms with van der Waals surface area (Å²) in [5.74, 6) is -0.0618. The highest BCUT2D eigenvalue weighted by molar-refractivity contribution is 7.92. The molecule has 1 aliphatic rings. The highest BCUT2D eigenvalue weighted by Crippen LogP contribution is 2.35. The molecular formula is C26H35N3O6S. The Balaban J connectivity index is 1.94. The number of nitrogens with one attached hydrogen (secondary N) is 1. The number of anilines is 1. The number of amides is 2. The van der Waals surface area contributed by atoms with Crippen LogP contribution in [0.15, 0.2) is 42.5 Å². The zero-order chi connectivity index (χ0) is 26.5. The molecule has 0 spiro atoms. The van der Waals surface area contributed by atoms with Crippen molar-refractivity contribution in [1.29, 1.82) is 0 Å². The first-order valence-corrected chi connectivity index (χ1v) is 13.7. The van der Waals surface area contributed by atoms with Crippen LogP contribution in [-0.2, 0) is 26.2 Å². The van der Waals surface area contributed by atoms with Gasteiger partial charge in [-0.15, -0.1) is 0 Å². The molecule has 9 nitrogen and oxygen atoms in total. The summed E-state index contributed by atoms with van der Waals surface area (Å²) in [4.78, 5) is 27.9. The minimum Gasteiger partial charge on any atom is -0.486 e. The van der Waals surface area contributed by atoms with E-state index >= 15 is 0 Å². The van der Waals surface area contributed by atoms with Crippen LogP contribution in [-0.4, -0.2) is 62.7 Å². The highest BCUT2D eigenvalue weighted by atomic mass is 32.2. The van der Waals surface area contributed by atoms with E-state index in [1.165, 1.54) is 11.8 Å². The molecule has 1 N–H and O–H groups in total. The molecule has 0 saturated carbocycles. The molecule has 0 aromatic heterocycles. The van der Waals surface area contributed by atoms with Gasteiger partial charge in [-0.05, 0) is 52.3 Å². The van der Waals surface area contributed by atoms with Crippen molar-refractivity contribution in [2.45, 2.75) is 53.2 Å². The Morgan fingerprint density at radius 2 is 1.64 bits per heavy atom. The van der Waals surface area contributed by atoms with Crippen LogP contribution in [0, 0.1) is 6.92 Å². The molecule has 2 amide bonds. The topological polar surface area (TPSA) is 105 Å². The molecule has 0 radical (unpaired) electrons. The fraction of sp³-hybridized carbons (Fsp3) is 0.462. The lowest BCUT2D eigenvalue weighted by Gasteiger charge is -2.32. The number of carbonyl (C=O) groups is 2. The van der Waals surface area contributed by atoms with Gasteiger partial charge in [0.15, 0.2) is 11.5 Å². The summed E-state index contributed by atoms with van der Waals surface area (Å²) in [6, 6.07) is 11.5. The van der Waals surface area contributed by atoms with Gasteiger partial charge >= 0.3 is 0 Å². The van der Waals surface area contributed by atoms with Crippen LogP contribution in [0.5, 0.6) is 11.5 Å². The molecule has 196 valence electrons. The van der Waals surface area contributed by atoms with Crippen molar-refractivity contribution in [2.75, 3.05) is 29.8 Å². The monoisotopic (exact) mass is 517 g/mol. The van der Waals surface area contributed by atoms with Gasteiger partial charge in [0.2, 0.25) is 21.8 Å². The molecule has 2 aromatic carbocycles. The summed E-state index contributed by atoms with van der Waals surface area (Å²) in [5, 5.41) is 2.84. The summed E-state index contributed by atoms with van der Waals surface area (Å²) in [6.07, 6.45) is 0. The average molecular weight is 518 g/mol. The predicted molar refractivity (Wildman–Crippen MR) is 139 cm³/mol. The van der Waals surface area contributed by atoms with Crippen LogP contribution in [0.3, 0.4) is 0 Å². The number of fused-ring (bicyclic) bond motifs is 1. The van der Waals surface area contributed by atoms with Crippen LogP contribution in [0.25, 0.3) is 0 Å². The quantitative estimate of drug-likeness (QED) is 0.520. The van der Waals surface area contributed by atoms with Crippen LogP contribution >= 0.6 is 0 Å². The van der Waals surface area contributed by atoms with Gasteiger partial charge in [0, 0.05) is 18.7 Å². The second-order valence-electron chi connectivity index (χ2n) is 9.08. The van der Waals surface area contributed by atoms with Gasteiger partial charge in [-0.3, -0.25) is 13.9 Å². The number of aryl methyl sites for hydroxylation is 1. The normalized spacial score (nSPS) is 13.7. The van der Waals surface area contributed by atoms with Crippen LogP contribution < -0.4 is 19.1 Å². The molecule has 2 aromatic rings. The fourth-order valence-corrected chi connectivity index (χ4v) is 4.84. The second kappa shape index (κ2) is 11.6. The minimum atomic E-state index is -3.82. The van der Waals surface area contributed by atoms with Gasteiger partial charge in [-0.2, -0.15) is 0 Å². The standard InChI is InChI=1S/C26H35N3O6S/c1-6-36(32,33)29(22-11-12-23-24(15-22)35-14-13-34-23)17-25(30)28(20(5)26(31)27-18(2)3)16-21-9-7-19(4)8-10-21/h7-12,15,18,20H,6,13-14,16-17H2,1-5H3,(H,27,31)/t20-/m1/s1. The second-order valence-corrected chi connectivity index (χ2v) is 11.3. The Morgan fingerprint density at radius 1 is 1.00 bits per heavy atom. The van der Waals surface area contributed by atoms with E-state index in [1.807, 2.05) is 45.0 Å². The van der Waals surface area contributed by atoms with Crippen molar-refractivity contribution >= 4 is 27.5 Å². The lowest BCUT2D eigenvalue weighted by molar-refractivity contribution is -0.139. The van der Waals surface area contributed by atoms with Gasteiger partial charge in [-0.1, -0.05) is 29.8 Å². The van der Waals surface area contributed by atoms with Crippen molar-refractivity contribution in [3.63, 3.8) is 0 Å². The molecule has 1 atom stereocenters. The number of carbonyl (C=O) groups excluding carboxylic acids is 2. The van der Waals surface area contributed by atoms with E-state index in [4.69, 9.17) is 9.47 Å². The number of rotatable bonds is 10. The van der Waals surface area contributed by atoms with E-state index in [0.717, 1.165) is 15.4 Å². The van der Waals surface area contributed by atoms with Crippen molar-refractivity contribution < 1.29 is 27.5 Å². The molecule has 0 aliphatic carbocycles.